The first-order valence-electron chi connectivity index (χ1n) is 4.51. The predicted molar refractivity (Wildman–Crippen MR) is 57.7 cm³/mol. The van der Waals surface area contributed by atoms with E-state index < -0.39 is 0 Å². The first-order chi connectivity index (χ1) is 6.56. The van der Waals surface area contributed by atoms with Crippen molar-refractivity contribution >= 4 is 23.3 Å². The average Bonchev–Trinajstić information content (AvgIpc) is 2.01. The molecule has 0 aliphatic carbocycles. The Kier molecular flexibility index (Phi) is 3.46. The molecule has 0 saturated carbocycles. The summed E-state index contributed by atoms with van der Waals surface area (Å²) in [4.78, 5) is 11.5. The second-order valence-corrected chi connectivity index (χ2v) is 3.49. The fraction of sp³-hybridized carbons (Fsp3) is 0.556. The minimum atomic E-state index is -0.292. The van der Waals surface area contributed by atoms with Gasteiger partial charge in [-0.3, -0.25) is 0 Å². The van der Waals surface area contributed by atoms with E-state index in [-0.39, 0.29) is 12.0 Å². The normalized spacial score (nSPS) is 21.4. The van der Waals surface area contributed by atoms with Gasteiger partial charge in [-0.1, -0.05) is 0 Å². The molecule has 1 atom stereocenters. The first kappa shape index (κ1) is 11.0. The highest BCUT2D eigenvalue weighted by Gasteiger charge is 2.25. The fourth-order valence-corrected chi connectivity index (χ4v) is 1.74. The third-order valence-electron chi connectivity index (χ3n) is 1.98. The molecule has 78 valence electrons. The van der Waals surface area contributed by atoms with Gasteiger partial charge in [-0.05, 0) is 33.0 Å². The molecule has 4 nitrogen and oxygen atoms in total. The first-order valence-corrected chi connectivity index (χ1v) is 4.92. The second-order valence-electron chi connectivity index (χ2n) is 3.08. The lowest BCUT2D eigenvalue weighted by Crippen LogP contribution is -2.48. The highest BCUT2D eigenvalue weighted by molar-refractivity contribution is 7.80. The lowest BCUT2D eigenvalue weighted by molar-refractivity contribution is -0.138. The second kappa shape index (κ2) is 4.41. The van der Waals surface area contributed by atoms with Crippen molar-refractivity contribution in [1.29, 1.82) is 0 Å². The largest absolute Gasteiger partial charge is 0.463 e. The van der Waals surface area contributed by atoms with E-state index in [1.807, 2.05) is 13.8 Å². The van der Waals surface area contributed by atoms with Crippen molar-refractivity contribution in [3.63, 3.8) is 0 Å². The van der Waals surface area contributed by atoms with Crippen LogP contribution in [-0.4, -0.2) is 23.7 Å². The van der Waals surface area contributed by atoms with E-state index in [1.54, 1.807) is 6.92 Å². The van der Waals surface area contributed by atoms with Crippen LogP contribution in [0.25, 0.3) is 0 Å². The maximum Gasteiger partial charge on any atom is 0.337 e. The third-order valence-corrected chi connectivity index (χ3v) is 2.20. The maximum atomic E-state index is 11.5. The maximum absolute atomic E-state index is 11.5. The van der Waals surface area contributed by atoms with Crippen molar-refractivity contribution in [1.82, 2.24) is 10.6 Å². The number of carbonyl (C=O) groups excluding carboxylic acids is 1. The van der Waals surface area contributed by atoms with Crippen molar-refractivity contribution in [2.24, 2.45) is 0 Å². The van der Waals surface area contributed by atoms with E-state index in [4.69, 9.17) is 17.0 Å². The van der Waals surface area contributed by atoms with Gasteiger partial charge in [0, 0.05) is 5.70 Å². The number of esters is 1. The zero-order valence-electron chi connectivity index (χ0n) is 8.51. The molecule has 0 aromatic heterocycles. The molecule has 0 unspecified atom stereocenters. The molecule has 5 heteroatoms. The summed E-state index contributed by atoms with van der Waals surface area (Å²) in [6.45, 7) is 5.86. The number of thiocarbonyl (C=S) groups is 1. The van der Waals surface area contributed by atoms with E-state index in [0.717, 1.165) is 5.70 Å². The van der Waals surface area contributed by atoms with E-state index in [0.29, 0.717) is 17.3 Å². The van der Waals surface area contributed by atoms with Gasteiger partial charge in [-0.15, -0.1) is 0 Å². The SMILES string of the molecule is CCOC(=O)C1=C(C)NC(=S)N[C@@H]1C. The Balaban J connectivity index is 2.88. The molecule has 0 saturated heterocycles. The van der Waals surface area contributed by atoms with Gasteiger partial charge in [0.1, 0.15) is 0 Å². The molecular weight excluding hydrogens is 200 g/mol. The van der Waals surface area contributed by atoms with Crippen LogP contribution in [0.4, 0.5) is 0 Å². The lowest BCUT2D eigenvalue weighted by Gasteiger charge is -2.26. The standard InChI is InChI=1S/C9H14N2O2S/c1-4-13-8(12)7-5(2)10-9(14)11-6(7)3/h5H,4H2,1-3H3,(H2,10,11,14)/t5-/m1/s1. The van der Waals surface area contributed by atoms with Gasteiger partial charge in [-0.2, -0.15) is 0 Å². The van der Waals surface area contributed by atoms with Crippen LogP contribution in [-0.2, 0) is 9.53 Å². The van der Waals surface area contributed by atoms with Gasteiger partial charge in [-0.25, -0.2) is 4.79 Å². The molecule has 14 heavy (non-hydrogen) atoms. The number of carbonyl (C=O) groups is 1. The monoisotopic (exact) mass is 214 g/mol. The van der Waals surface area contributed by atoms with Crippen molar-refractivity contribution in [3.05, 3.63) is 11.3 Å². The molecule has 0 spiro atoms. The highest BCUT2D eigenvalue weighted by Crippen LogP contribution is 2.13. The Hall–Kier alpha value is -1.10. The summed E-state index contributed by atoms with van der Waals surface area (Å²) in [6.07, 6.45) is 0. The number of hydrogen-bond donors (Lipinski definition) is 2. The zero-order chi connectivity index (χ0) is 10.7. The molecule has 1 rings (SSSR count). The Morgan fingerprint density at radius 1 is 1.64 bits per heavy atom. The third kappa shape index (κ3) is 2.23. The fourth-order valence-electron chi connectivity index (χ4n) is 1.41. The molecule has 1 aliphatic heterocycles. The number of allylic oxidation sites excluding steroid dienone is 1. The van der Waals surface area contributed by atoms with Crippen LogP contribution in [0.5, 0.6) is 0 Å². The van der Waals surface area contributed by atoms with Crippen LogP contribution < -0.4 is 10.6 Å². The molecule has 2 N–H and O–H groups in total. The number of rotatable bonds is 2. The minimum Gasteiger partial charge on any atom is -0.463 e. The Labute approximate surface area is 88.7 Å². The molecule has 0 bridgehead atoms. The summed E-state index contributed by atoms with van der Waals surface area (Å²) in [5.74, 6) is -0.292. The highest BCUT2D eigenvalue weighted by atomic mass is 32.1. The van der Waals surface area contributed by atoms with E-state index in [1.165, 1.54) is 0 Å². The summed E-state index contributed by atoms with van der Waals surface area (Å²) in [5.41, 5.74) is 1.38. The Morgan fingerprint density at radius 3 is 2.79 bits per heavy atom. The van der Waals surface area contributed by atoms with Crippen molar-refractivity contribution in [2.75, 3.05) is 6.61 Å². The quantitative estimate of drug-likeness (QED) is 0.523. The van der Waals surface area contributed by atoms with Crippen LogP contribution in [0, 0.1) is 0 Å². The van der Waals surface area contributed by atoms with Crippen molar-refractivity contribution in [3.8, 4) is 0 Å². The molecule has 1 heterocycles. The van der Waals surface area contributed by atoms with Gasteiger partial charge in [0.2, 0.25) is 0 Å². The summed E-state index contributed by atoms with van der Waals surface area (Å²) in [6, 6.07) is -0.0946. The lowest BCUT2D eigenvalue weighted by atomic mass is 10.1. The van der Waals surface area contributed by atoms with Gasteiger partial charge in [0.25, 0.3) is 0 Å². The summed E-state index contributed by atoms with van der Waals surface area (Å²) in [7, 11) is 0. The summed E-state index contributed by atoms with van der Waals surface area (Å²) < 4.78 is 4.94. The van der Waals surface area contributed by atoms with Crippen LogP contribution in [0.1, 0.15) is 20.8 Å². The van der Waals surface area contributed by atoms with Gasteiger partial charge >= 0.3 is 5.97 Å². The molecule has 0 aromatic carbocycles. The van der Waals surface area contributed by atoms with E-state index >= 15 is 0 Å². The number of ether oxygens (including phenoxy) is 1. The Morgan fingerprint density at radius 2 is 2.29 bits per heavy atom. The summed E-state index contributed by atoms with van der Waals surface area (Å²) in [5, 5.41) is 6.40. The summed E-state index contributed by atoms with van der Waals surface area (Å²) >= 11 is 4.96. The van der Waals surface area contributed by atoms with E-state index in [2.05, 4.69) is 10.6 Å². The molecule has 1 aliphatic rings. The Bertz CT molecular complexity index is 299. The molecule has 0 aromatic rings. The molecular formula is C9H14N2O2S. The predicted octanol–water partition coefficient (Wildman–Crippen LogP) is 0.690. The van der Waals surface area contributed by atoms with E-state index in [9.17, 15) is 4.79 Å². The molecule has 0 fully saturated rings. The van der Waals surface area contributed by atoms with Crippen molar-refractivity contribution < 1.29 is 9.53 Å². The van der Waals surface area contributed by atoms with Gasteiger partial charge in [0.05, 0.1) is 18.2 Å². The average molecular weight is 214 g/mol. The molecule has 0 radical (unpaired) electrons. The van der Waals surface area contributed by atoms with Crippen LogP contribution >= 0.6 is 12.2 Å². The number of hydrogen-bond acceptors (Lipinski definition) is 3. The molecule has 0 amide bonds. The van der Waals surface area contributed by atoms with Gasteiger partial charge < -0.3 is 15.4 Å². The zero-order valence-corrected chi connectivity index (χ0v) is 9.33. The number of nitrogens with one attached hydrogen (secondary N) is 2. The van der Waals surface area contributed by atoms with Crippen LogP contribution in [0.3, 0.4) is 0 Å². The topological polar surface area (TPSA) is 50.4 Å². The minimum absolute atomic E-state index is 0.0946. The van der Waals surface area contributed by atoms with Crippen molar-refractivity contribution in [2.45, 2.75) is 26.8 Å². The van der Waals surface area contributed by atoms with Crippen LogP contribution in [0.2, 0.25) is 0 Å². The van der Waals surface area contributed by atoms with Crippen LogP contribution in [0.15, 0.2) is 11.3 Å². The van der Waals surface area contributed by atoms with Gasteiger partial charge in [0.15, 0.2) is 5.11 Å². The smallest absolute Gasteiger partial charge is 0.337 e.